The maximum absolute atomic E-state index is 12.5. The van der Waals surface area contributed by atoms with Gasteiger partial charge in [-0.1, -0.05) is 24.3 Å². The number of hydrogen-bond donors (Lipinski definition) is 0. The number of aliphatic imine (C=N–C) groups is 1. The number of esters is 1. The Balaban J connectivity index is 1.70. The summed E-state index contributed by atoms with van der Waals surface area (Å²) >= 11 is 1.56. The molecule has 0 bridgehead atoms. The van der Waals surface area contributed by atoms with Gasteiger partial charge in [-0.15, -0.1) is 11.3 Å². The van der Waals surface area contributed by atoms with Crippen molar-refractivity contribution >= 4 is 29.0 Å². The molecule has 0 unspecified atom stereocenters. The predicted molar refractivity (Wildman–Crippen MR) is 122 cm³/mol. The van der Waals surface area contributed by atoms with E-state index >= 15 is 0 Å². The smallest absolute Gasteiger partial charge is 0.364 e. The number of cyclic esters (lactones) is 1. The number of ether oxygens (including phenoxy) is 3. The summed E-state index contributed by atoms with van der Waals surface area (Å²) in [5.74, 6) is 1.91. The first-order valence-corrected chi connectivity index (χ1v) is 10.6. The molecule has 4 rings (SSSR count). The molecule has 0 fully saturated rings. The molecule has 2 aromatic carbocycles. The maximum Gasteiger partial charge on any atom is 0.364 e. The molecule has 0 spiro atoms. The van der Waals surface area contributed by atoms with Crippen LogP contribution in [0, 0.1) is 6.92 Å². The minimum atomic E-state index is -0.485. The van der Waals surface area contributed by atoms with Crippen molar-refractivity contribution in [2.45, 2.75) is 13.8 Å². The van der Waals surface area contributed by atoms with E-state index in [0.29, 0.717) is 16.9 Å². The zero-order valence-corrected chi connectivity index (χ0v) is 18.2. The number of allylic oxidation sites excluding steroid dienone is 2. The Morgan fingerprint density at radius 1 is 1.06 bits per heavy atom. The maximum atomic E-state index is 12.5. The molecule has 0 atom stereocenters. The van der Waals surface area contributed by atoms with Gasteiger partial charge in [0.2, 0.25) is 5.90 Å². The van der Waals surface area contributed by atoms with Crippen LogP contribution in [0.5, 0.6) is 11.5 Å². The standard InChI is InChI=1S/C25H21NO4S/c1-16-7-4-5-8-20(16)29-21(22-9-6-14-31-22)15-17(2)23-25(27)30-24(26-23)18-10-12-19(28-3)13-11-18/h4-15H,1-3H3/b21-15-,23-17+. The van der Waals surface area contributed by atoms with Crippen LogP contribution in [-0.2, 0) is 9.53 Å². The van der Waals surface area contributed by atoms with Crippen LogP contribution >= 0.6 is 11.3 Å². The van der Waals surface area contributed by atoms with Crippen LogP contribution in [-0.4, -0.2) is 19.0 Å². The van der Waals surface area contributed by atoms with Gasteiger partial charge in [-0.25, -0.2) is 9.79 Å². The van der Waals surface area contributed by atoms with Crippen LogP contribution in [0.1, 0.15) is 22.9 Å². The third kappa shape index (κ3) is 4.59. The normalized spacial score (nSPS) is 15.4. The number of nitrogens with zero attached hydrogens (tertiary/aromatic N) is 1. The Bertz CT molecular complexity index is 1190. The van der Waals surface area contributed by atoms with Gasteiger partial charge in [0.05, 0.1) is 12.0 Å². The first-order valence-electron chi connectivity index (χ1n) is 9.70. The number of aryl methyl sites for hydroxylation is 1. The lowest BCUT2D eigenvalue weighted by molar-refractivity contribution is -0.130. The number of methoxy groups -OCH3 is 1. The third-order valence-electron chi connectivity index (χ3n) is 4.73. The fourth-order valence-electron chi connectivity index (χ4n) is 3.04. The van der Waals surface area contributed by atoms with Gasteiger partial charge in [0.25, 0.3) is 0 Å². The summed E-state index contributed by atoms with van der Waals surface area (Å²) in [6, 6.07) is 18.9. The fraction of sp³-hybridized carbons (Fsp3) is 0.120. The molecule has 0 saturated heterocycles. The lowest BCUT2D eigenvalue weighted by Crippen LogP contribution is -2.05. The molecule has 3 aromatic rings. The molecule has 0 N–H and O–H groups in total. The van der Waals surface area contributed by atoms with Gasteiger partial charge in [-0.05, 0) is 72.8 Å². The van der Waals surface area contributed by atoms with E-state index in [1.54, 1.807) is 42.7 Å². The van der Waals surface area contributed by atoms with Crippen LogP contribution in [0.15, 0.2) is 88.4 Å². The van der Waals surface area contributed by atoms with E-state index in [2.05, 4.69) is 4.99 Å². The van der Waals surface area contributed by atoms with E-state index in [1.807, 2.05) is 61.7 Å². The van der Waals surface area contributed by atoms with Gasteiger partial charge in [-0.3, -0.25) is 0 Å². The largest absolute Gasteiger partial charge is 0.497 e. The number of carbonyl (C=O) groups is 1. The molecule has 0 amide bonds. The van der Waals surface area contributed by atoms with E-state index in [-0.39, 0.29) is 11.6 Å². The minimum Gasteiger partial charge on any atom is -0.497 e. The quantitative estimate of drug-likeness (QED) is 0.283. The van der Waals surface area contributed by atoms with Crippen LogP contribution in [0.3, 0.4) is 0 Å². The summed E-state index contributed by atoms with van der Waals surface area (Å²) in [4.78, 5) is 17.9. The monoisotopic (exact) mass is 431 g/mol. The molecule has 2 heterocycles. The summed E-state index contributed by atoms with van der Waals surface area (Å²) in [5.41, 5.74) is 2.64. The lowest BCUT2D eigenvalue weighted by Gasteiger charge is -2.11. The van der Waals surface area contributed by atoms with E-state index < -0.39 is 5.97 Å². The van der Waals surface area contributed by atoms with E-state index in [9.17, 15) is 4.79 Å². The molecule has 31 heavy (non-hydrogen) atoms. The van der Waals surface area contributed by atoms with Crippen molar-refractivity contribution in [3.8, 4) is 11.5 Å². The highest BCUT2D eigenvalue weighted by Gasteiger charge is 2.26. The number of carbonyl (C=O) groups excluding carboxylic acids is 1. The number of thiophene rings is 1. The van der Waals surface area contributed by atoms with Crippen molar-refractivity contribution in [1.29, 1.82) is 0 Å². The van der Waals surface area contributed by atoms with Gasteiger partial charge < -0.3 is 14.2 Å². The lowest BCUT2D eigenvalue weighted by atomic mass is 10.2. The zero-order chi connectivity index (χ0) is 21.8. The molecule has 6 heteroatoms. The van der Waals surface area contributed by atoms with Crippen LogP contribution in [0.4, 0.5) is 0 Å². The van der Waals surface area contributed by atoms with E-state index in [4.69, 9.17) is 14.2 Å². The first kappa shape index (κ1) is 20.6. The van der Waals surface area contributed by atoms with Gasteiger partial charge in [0.1, 0.15) is 17.3 Å². The molecular weight excluding hydrogens is 410 g/mol. The summed E-state index contributed by atoms with van der Waals surface area (Å²) in [6.07, 6.45) is 1.83. The summed E-state index contributed by atoms with van der Waals surface area (Å²) in [7, 11) is 1.60. The number of hydrogen-bond acceptors (Lipinski definition) is 6. The number of rotatable bonds is 6. The summed E-state index contributed by atoms with van der Waals surface area (Å²) in [6.45, 7) is 3.82. The van der Waals surface area contributed by atoms with E-state index in [0.717, 1.165) is 21.9 Å². The van der Waals surface area contributed by atoms with Crippen molar-refractivity contribution in [1.82, 2.24) is 0 Å². The second kappa shape index (κ2) is 9.02. The Kier molecular flexibility index (Phi) is 6.00. The molecular formula is C25H21NO4S. The average Bonchev–Trinajstić information content (AvgIpc) is 3.45. The predicted octanol–water partition coefficient (Wildman–Crippen LogP) is 5.76. The van der Waals surface area contributed by atoms with Crippen LogP contribution < -0.4 is 9.47 Å². The Hall–Kier alpha value is -3.64. The van der Waals surface area contributed by atoms with Crippen molar-refractivity contribution in [2.75, 3.05) is 7.11 Å². The molecule has 1 aromatic heterocycles. The first-order chi connectivity index (χ1) is 15.0. The van der Waals surface area contributed by atoms with Crippen molar-refractivity contribution in [2.24, 2.45) is 4.99 Å². The highest BCUT2D eigenvalue weighted by Crippen LogP contribution is 2.29. The SMILES string of the molecule is COc1ccc(C2=N/C(=C(C)/C=C(\Oc3ccccc3C)c3cccs3)C(=O)O2)cc1. The molecule has 0 aliphatic carbocycles. The second-order valence-corrected chi connectivity index (χ2v) is 7.87. The van der Waals surface area contributed by atoms with Crippen molar-refractivity contribution in [3.05, 3.63) is 99.4 Å². The summed E-state index contributed by atoms with van der Waals surface area (Å²) < 4.78 is 16.8. The van der Waals surface area contributed by atoms with Gasteiger partial charge in [-0.2, -0.15) is 0 Å². The van der Waals surface area contributed by atoms with Gasteiger partial charge in [0.15, 0.2) is 5.70 Å². The highest BCUT2D eigenvalue weighted by molar-refractivity contribution is 7.11. The topological polar surface area (TPSA) is 57.1 Å². The third-order valence-corrected chi connectivity index (χ3v) is 5.62. The fourth-order valence-corrected chi connectivity index (χ4v) is 3.71. The van der Waals surface area contributed by atoms with E-state index in [1.165, 1.54) is 0 Å². The molecule has 1 aliphatic rings. The highest BCUT2D eigenvalue weighted by atomic mass is 32.1. The Morgan fingerprint density at radius 3 is 2.52 bits per heavy atom. The second-order valence-electron chi connectivity index (χ2n) is 6.92. The Labute approximate surface area is 184 Å². The molecule has 1 aliphatic heterocycles. The average molecular weight is 432 g/mol. The van der Waals surface area contributed by atoms with Crippen molar-refractivity contribution < 1.29 is 19.0 Å². The molecule has 0 radical (unpaired) electrons. The molecule has 156 valence electrons. The number of benzene rings is 2. The molecule has 0 saturated carbocycles. The van der Waals surface area contributed by atoms with Crippen LogP contribution in [0.25, 0.3) is 5.76 Å². The molecule has 5 nitrogen and oxygen atoms in total. The van der Waals surface area contributed by atoms with Gasteiger partial charge >= 0.3 is 5.97 Å². The van der Waals surface area contributed by atoms with Gasteiger partial charge in [0, 0.05) is 5.56 Å². The van der Waals surface area contributed by atoms with Crippen LogP contribution in [0.2, 0.25) is 0 Å². The number of para-hydroxylation sites is 1. The summed E-state index contributed by atoms with van der Waals surface area (Å²) in [5, 5.41) is 1.98. The Morgan fingerprint density at radius 2 is 1.84 bits per heavy atom. The van der Waals surface area contributed by atoms with Crippen molar-refractivity contribution in [3.63, 3.8) is 0 Å². The zero-order valence-electron chi connectivity index (χ0n) is 17.4. The minimum absolute atomic E-state index is 0.258.